The van der Waals surface area contributed by atoms with Crippen molar-refractivity contribution in [2.24, 2.45) is 0 Å². The lowest BCUT2D eigenvalue weighted by molar-refractivity contribution is 0.122. The molecule has 5 nitrogen and oxygen atoms in total. The first-order chi connectivity index (χ1) is 13.7. The van der Waals surface area contributed by atoms with E-state index in [1.165, 1.54) is 11.8 Å². The summed E-state index contributed by atoms with van der Waals surface area (Å²) in [6.07, 6.45) is 1.81. The molecule has 0 amide bonds. The van der Waals surface area contributed by atoms with Gasteiger partial charge in [0.05, 0.1) is 29.8 Å². The Bertz CT molecular complexity index is 1060. The molecular weight excluding hydrogens is 438 g/mol. The minimum Gasteiger partial charge on any atom is -0.378 e. The maximum absolute atomic E-state index is 13.3. The van der Waals surface area contributed by atoms with E-state index in [1.54, 1.807) is 4.57 Å². The molecule has 1 aliphatic rings. The van der Waals surface area contributed by atoms with E-state index in [-0.39, 0.29) is 5.56 Å². The number of benzene rings is 2. The van der Waals surface area contributed by atoms with Gasteiger partial charge in [0.1, 0.15) is 0 Å². The van der Waals surface area contributed by atoms with E-state index in [0.29, 0.717) is 21.8 Å². The number of aromatic nitrogens is 2. The predicted octanol–water partition coefficient (Wildman–Crippen LogP) is 4.26. The Hall–Kier alpha value is -2.09. The number of fused-ring (bicyclic) bond motifs is 1. The zero-order chi connectivity index (χ0) is 19.5. The summed E-state index contributed by atoms with van der Waals surface area (Å²) in [5.74, 6) is 0.681. The molecular formula is C21H20BrN3O2S. The van der Waals surface area contributed by atoms with E-state index < -0.39 is 0 Å². The van der Waals surface area contributed by atoms with Crippen molar-refractivity contribution in [1.82, 2.24) is 9.55 Å². The molecule has 3 aromatic rings. The SMILES string of the molecule is C=CCSc1nc2ccc(Br)cc2c(=O)n1-c1ccc(N2CCOCC2)cc1. The number of nitrogens with zero attached hydrogens (tertiary/aromatic N) is 3. The lowest BCUT2D eigenvalue weighted by Gasteiger charge is -2.29. The van der Waals surface area contributed by atoms with Crippen LogP contribution in [0.25, 0.3) is 16.6 Å². The highest BCUT2D eigenvalue weighted by Gasteiger charge is 2.15. The number of hydrogen-bond acceptors (Lipinski definition) is 5. The largest absolute Gasteiger partial charge is 0.378 e. The molecule has 1 saturated heterocycles. The molecule has 28 heavy (non-hydrogen) atoms. The van der Waals surface area contributed by atoms with E-state index in [1.807, 2.05) is 36.4 Å². The Kier molecular flexibility index (Phi) is 5.85. The zero-order valence-corrected chi connectivity index (χ0v) is 17.7. The molecule has 0 aliphatic carbocycles. The van der Waals surface area contributed by atoms with Crippen LogP contribution in [0.2, 0.25) is 0 Å². The fourth-order valence-electron chi connectivity index (χ4n) is 3.23. The second-order valence-corrected chi connectivity index (χ2v) is 8.31. The molecule has 0 N–H and O–H groups in total. The van der Waals surface area contributed by atoms with E-state index in [9.17, 15) is 4.79 Å². The summed E-state index contributed by atoms with van der Waals surface area (Å²) in [6.45, 7) is 7.03. The number of halogens is 1. The quantitative estimate of drug-likeness (QED) is 0.325. The highest BCUT2D eigenvalue weighted by atomic mass is 79.9. The summed E-state index contributed by atoms with van der Waals surface area (Å²) in [5.41, 5.74) is 2.57. The number of rotatable bonds is 5. The monoisotopic (exact) mass is 457 g/mol. The lowest BCUT2D eigenvalue weighted by Crippen LogP contribution is -2.36. The number of thioether (sulfide) groups is 1. The van der Waals surface area contributed by atoms with Gasteiger partial charge >= 0.3 is 0 Å². The summed E-state index contributed by atoms with van der Waals surface area (Å²) < 4.78 is 7.97. The average Bonchev–Trinajstić information content (AvgIpc) is 2.74. The van der Waals surface area contributed by atoms with Crippen LogP contribution in [0.1, 0.15) is 0 Å². The first kappa shape index (κ1) is 19.2. The first-order valence-corrected chi connectivity index (χ1v) is 10.8. The minimum atomic E-state index is -0.0722. The topological polar surface area (TPSA) is 47.4 Å². The van der Waals surface area contributed by atoms with Crippen LogP contribution in [-0.2, 0) is 4.74 Å². The second-order valence-electron chi connectivity index (χ2n) is 6.41. The molecule has 1 aliphatic heterocycles. The zero-order valence-electron chi connectivity index (χ0n) is 15.3. The van der Waals surface area contributed by atoms with Gasteiger partial charge in [0.2, 0.25) is 0 Å². The van der Waals surface area contributed by atoms with Gasteiger partial charge in [0, 0.05) is 29.0 Å². The van der Waals surface area contributed by atoms with Gasteiger partial charge in [-0.05, 0) is 42.5 Å². The first-order valence-electron chi connectivity index (χ1n) is 9.06. The predicted molar refractivity (Wildman–Crippen MR) is 119 cm³/mol. The number of morpholine rings is 1. The third-order valence-electron chi connectivity index (χ3n) is 4.61. The highest BCUT2D eigenvalue weighted by molar-refractivity contribution is 9.10. The van der Waals surface area contributed by atoms with Crippen molar-refractivity contribution >= 4 is 44.3 Å². The molecule has 0 radical (unpaired) electrons. The maximum atomic E-state index is 13.3. The Labute approximate surface area is 176 Å². The second kappa shape index (κ2) is 8.51. The van der Waals surface area contributed by atoms with Gasteiger partial charge < -0.3 is 9.64 Å². The fourth-order valence-corrected chi connectivity index (χ4v) is 4.34. The smallest absolute Gasteiger partial charge is 0.266 e. The molecule has 0 atom stereocenters. The summed E-state index contributed by atoms with van der Waals surface area (Å²) >= 11 is 4.95. The lowest BCUT2D eigenvalue weighted by atomic mass is 10.2. The molecule has 2 heterocycles. The van der Waals surface area contributed by atoms with Crippen LogP contribution >= 0.6 is 27.7 Å². The molecule has 0 spiro atoms. The van der Waals surface area contributed by atoms with Crippen LogP contribution in [0.3, 0.4) is 0 Å². The molecule has 7 heteroatoms. The van der Waals surface area contributed by atoms with Crippen molar-refractivity contribution in [3.05, 3.63) is 69.9 Å². The van der Waals surface area contributed by atoms with Crippen LogP contribution in [0, 0.1) is 0 Å². The Morgan fingerprint density at radius 1 is 1.14 bits per heavy atom. The van der Waals surface area contributed by atoms with Gasteiger partial charge in [-0.2, -0.15) is 0 Å². The van der Waals surface area contributed by atoms with Gasteiger partial charge in [0.15, 0.2) is 5.16 Å². The van der Waals surface area contributed by atoms with Crippen molar-refractivity contribution in [2.45, 2.75) is 5.16 Å². The van der Waals surface area contributed by atoms with Gasteiger partial charge in [-0.1, -0.05) is 33.8 Å². The number of ether oxygens (including phenoxy) is 1. The van der Waals surface area contributed by atoms with E-state index in [4.69, 9.17) is 9.72 Å². The standard InChI is InChI=1S/C21H20BrN3O2S/c1-2-13-28-21-23-19-8-3-15(22)14-18(19)20(26)25(21)17-6-4-16(5-7-17)24-9-11-27-12-10-24/h2-8,14H,1,9-13H2. The summed E-state index contributed by atoms with van der Waals surface area (Å²) in [4.78, 5) is 20.3. The van der Waals surface area contributed by atoms with Crippen LogP contribution in [0.4, 0.5) is 5.69 Å². The Morgan fingerprint density at radius 3 is 2.57 bits per heavy atom. The van der Waals surface area contributed by atoms with E-state index in [0.717, 1.165) is 42.2 Å². The van der Waals surface area contributed by atoms with Crippen LogP contribution < -0.4 is 10.5 Å². The van der Waals surface area contributed by atoms with Gasteiger partial charge in [0.25, 0.3) is 5.56 Å². The molecule has 0 saturated carbocycles. The highest BCUT2D eigenvalue weighted by Crippen LogP contribution is 2.25. The van der Waals surface area contributed by atoms with Crippen LogP contribution in [0.5, 0.6) is 0 Å². The van der Waals surface area contributed by atoms with E-state index >= 15 is 0 Å². The normalized spacial score (nSPS) is 14.4. The third-order valence-corrected chi connectivity index (χ3v) is 6.04. The third kappa shape index (κ3) is 3.87. The molecule has 1 aromatic heterocycles. The minimum absolute atomic E-state index is 0.0722. The van der Waals surface area contributed by atoms with Crippen molar-refractivity contribution < 1.29 is 4.74 Å². The Balaban J connectivity index is 1.80. The van der Waals surface area contributed by atoms with Crippen LogP contribution in [-0.4, -0.2) is 41.6 Å². The molecule has 1 fully saturated rings. The fraction of sp³-hybridized carbons (Fsp3) is 0.238. The Morgan fingerprint density at radius 2 is 1.86 bits per heavy atom. The van der Waals surface area contributed by atoms with Crippen LogP contribution in [0.15, 0.2) is 69.5 Å². The van der Waals surface area contributed by atoms with Gasteiger partial charge in [-0.15, -0.1) is 6.58 Å². The molecule has 2 aromatic carbocycles. The summed E-state index contributed by atoms with van der Waals surface area (Å²) in [6, 6.07) is 13.7. The van der Waals surface area contributed by atoms with Crippen molar-refractivity contribution in [3.8, 4) is 5.69 Å². The maximum Gasteiger partial charge on any atom is 0.266 e. The number of anilines is 1. The average molecular weight is 458 g/mol. The summed E-state index contributed by atoms with van der Waals surface area (Å²) in [7, 11) is 0. The molecule has 144 valence electrons. The molecule has 4 rings (SSSR count). The summed E-state index contributed by atoms with van der Waals surface area (Å²) in [5, 5.41) is 1.26. The van der Waals surface area contributed by atoms with Crippen molar-refractivity contribution in [3.63, 3.8) is 0 Å². The molecule has 0 bridgehead atoms. The van der Waals surface area contributed by atoms with Gasteiger partial charge in [-0.25, -0.2) is 4.98 Å². The molecule has 0 unspecified atom stereocenters. The van der Waals surface area contributed by atoms with E-state index in [2.05, 4.69) is 39.5 Å². The van der Waals surface area contributed by atoms with Crippen molar-refractivity contribution in [1.29, 1.82) is 0 Å². The number of hydrogen-bond donors (Lipinski definition) is 0. The van der Waals surface area contributed by atoms with Crippen molar-refractivity contribution in [2.75, 3.05) is 37.0 Å². The van der Waals surface area contributed by atoms with Gasteiger partial charge in [-0.3, -0.25) is 9.36 Å².